The number of nitrogens with zero attached hydrogens (tertiary/aromatic N) is 3. The third-order valence-corrected chi connectivity index (χ3v) is 2.74. The number of hydrogen-bond donors (Lipinski definition) is 3. The Labute approximate surface area is 119 Å². The van der Waals surface area contributed by atoms with E-state index in [0.29, 0.717) is 17.0 Å². The standard InChI is InChI=1S/C12H13N5O4/c1-21-9(12(19)20)6-13-11(18)8-4-2-3-7(5-8)10-14-16-17-15-10/h2-5,9H,6H2,1H3,(H,13,18)(H,19,20)(H,14,15,16,17). The van der Waals surface area contributed by atoms with E-state index in [1.54, 1.807) is 24.3 Å². The topological polar surface area (TPSA) is 130 Å². The van der Waals surface area contributed by atoms with Gasteiger partial charge in [-0.3, -0.25) is 4.79 Å². The number of carboxylic acid groups (broad SMARTS) is 1. The van der Waals surface area contributed by atoms with Crippen LogP contribution in [0.5, 0.6) is 0 Å². The van der Waals surface area contributed by atoms with E-state index in [-0.39, 0.29) is 6.54 Å². The number of benzene rings is 1. The Kier molecular flexibility index (Phi) is 4.57. The maximum atomic E-state index is 12.0. The van der Waals surface area contributed by atoms with Crippen molar-refractivity contribution >= 4 is 11.9 Å². The van der Waals surface area contributed by atoms with Crippen molar-refractivity contribution in [2.75, 3.05) is 13.7 Å². The minimum atomic E-state index is -1.14. The summed E-state index contributed by atoms with van der Waals surface area (Å²) in [4.78, 5) is 22.8. The van der Waals surface area contributed by atoms with Gasteiger partial charge in [0.2, 0.25) is 5.82 Å². The lowest BCUT2D eigenvalue weighted by Crippen LogP contribution is -2.37. The predicted molar refractivity (Wildman–Crippen MR) is 70.4 cm³/mol. The first-order chi connectivity index (χ1) is 10.1. The Balaban J connectivity index is 2.06. The molecule has 9 nitrogen and oxygen atoms in total. The maximum absolute atomic E-state index is 12.0. The van der Waals surface area contributed by atoms with Crippen molar-refractivity contribution in [1.82, 2.24) is 25.9 Å². The number of H-pyrrole nitrogens is 1. The highest BCUT2D eigenvalue weighted by Gasteiger charge is 2.18. The van der Waals surface area contributed by atoms with Gasteiger partial charge in [-0.25, -0.2) is 4.79 Å². The highest BCUT2D eigenvalue weighted by Crippen LogP contribution is 2.14. The summed E-state index contributed by atoms with van der Waals surface area (Å²) in [5, 5.41) is 24.7. The molecule has 1 atom stereocenters. The molecule has 110 valence electrons. The lowest BCUT2D eigenvalue weighted by molar-refractivity contribution is -0.148. The van der Waals surface area contributed by atoms with Crippen LogP contribution in [0, 0.1) is 0 Å². The third kappa shape index (κ3) is 3.60. The number of ether oxygens (including phenoxy) is 1. The van der Waals surface area contributed by atoms with E-state index in [2.05, 4.69) is 25.9 Å². The van der Waals surface area contributed by atoms with Gasteiger partial charge in [-0.2, -0.15) is 5.21 Å². The van der Waals surface area contributed by atoms with Crippen LogP contribution in [0.2, 0.25) is 0 Å². The molecule has 1 heterocycles. The average molecular weight is 291 g/mol. The first-order valence-corrected chi connectivity index (χ1v) is 5.99. The molecule has 0 aliphatic rings. The summed E-state index contributed by atoms with van der Waals surface area (Å²) < 4.78 is 4.73. The van der Waals surface area contributed by atoms with Crippen molar-refractivity contribution < 1.29 is 19.4 Å². The van der Waals surface area contributed by atoms with E-state index in [4.69, 9.17) is 9.84 Å². The van der Waals surface area contributed by atoms with Crippen LogP contribution in [0.3, 0.4) is 0 Å². The number of carboxylic acids is 1. The van der Waals surface area contributed by atoms with E-state index in [0.717, 1.165) is 0 Å². The Bertz CT molecular complexity index is 628. The Morgan fingerprint density at radius 1 is 1.48 bits per heavy atom. The van der Waals surface area contributed by atoms with Gasteiger partial charge in [0.1, 0.15) is 0 Å². The molecule has 0 bridgehead atoms. The van der Waals surface area contributed by atoms with Gasteiger partial charge in [-0.05, 0) is 17.3 Å². The SMILES string of the molecule is COC(CNC(=O)c1cccc(-c2nn[nH]n2)c1)C(=O)O. The van der Waals surface area contributed by atoms with Crippen LogP contribution in [-0.4, -0.2) is 57.4 Å². The number of aromatic nitrogens is 4. The van der Waals surface area contributed by atoms with E-state index in [1.807, 2.05) is 0 Å². The number of aliphatic carboxylic acids is 1. The molecule has 1 unspecified atom stereocenters. The van der Waals surface area contributed by atoms with Crippen LogP contribution >= 0.6 is 0 Å². The molecule has 3 N–H and O–H groups in total. The molecule has 1 aromatic carbocycles. The smallest absolute Gasteiger partial charge is 0.334 e. The number of nitrogens with one attached hydrogen (secondary N) is 2. The summed E-state index contributed by atoms with van der Waals surface area (Å²) in [6.07, 6.45) is -1.09. The second-order valence-corrected chi connectivity index (χ2v) is 4.09. The minimum Gasteiger partial charge on any atom is -0.479 e. The zero-order valence-electron chi connectivity index (χ0n) is 11.1. The normalized spacial score (nSPS) is 11.9. The van der Waals surface area contributed by atoms with Gasteiger partial charge in [-0.15, -0.1) is 10.2 Å². The van der Waals surface area contributed by atoms with Crippen molar-refractivity contribution in [2.45, 2.75) is 6.10 Å². The summed E-state index contributed by atoms with van der Waals surface area (Å²) >= 11 is 0. The number of rotatable bonds is 6. The Morgan fingerprint density at radius 2 is 2.29 bits per heavy atom. The lowest BCUT2D eigenvalue weighted by atomic mass is 10.1. The zero-order chi connectivity index (χ0) is 15.2. The molecule has 9 heteroatoms. The van der Waals surface area contributed by atoms with E-state index < -0.39 is 18.0 Å². The third-order valence-electron chi connectivity index (χ3n) is 2.74. The number of aromatic amines is 1. The van der Waals surface area contributed by atoms with Crippen LogP contribution in [-0.2, 0) is 9.53 Å². The molecular weight excluding hydrogens is 278 g/mol. The number of amides is 1. The van der Waals surface area contributed by atoms with Crippen LogP contribution < -0.4 is 5.32 Å². The number of carbonyl (C=O) groups is 2. The molecule has 0 fully saturated rings. The van der Waals surface area contributed by atoms with E-state index >= 15 is 0 Å². The molecule has 0 spiro atoms. The molecule has 1 amide bonds. The van der Waals surface area contributed by atoms with E-state index in [1.165, 1.54) is 7.11 Å². The molecular formula is C12H13N5O4. The van der Waals surface area contributed by atoms with Gasteiger partial charge in [0.15, 0.2) is 6.10 Å². The fraction of sp³-hybridized carbons (Fsp3) is 0.250. The fourth-order valence-corrected chi connectivity index (χ4v) is 1.64. The molecule has 1 aromatic heterocycles. The molecule has 2 aromatic rings. The van der Waals surface area contributed by atoms with Crippen LogP contribution in [0.25, 0.3) is 11.4 Å². The Morgan fingerprint density at radius 3 is 2.90 bits per heavy atom. The summed E-state index contributed by atoms with van der Waals surface area (Å²) in [6.45, 7) is -0.128. The van der Waals surface area contributed by atoms with Crippen LogP contribution in [0.15, 0.2) is 24.3 Å². The summed E-state index contributed by atoms with van der Waals surface area (Å²) in [6, 6.07) is 6.59. The monoisotopic (exact) mass is 291 g/mol. The van der Waals surface area contributed by atoms with Crippen molar-refractivity contribution in [3.8, 4) is 11.4 Å². The van der Waals surface area contributed by atoms with Gasteiger partial charge < -0.3 is 15.2 Å². The van der Waals surface area contributed by atoms with E-state index in [9.17, 15) is 9.59 Å². The average Bonchev–Trinajstić information content (AvgIpc) is 3.01. The number of methoxy groups -OCH3 is 1. The highest BCUT2D eigenvalue weighted by molar-refractivity contribution is 5.95. The lowest BCUT2D eigenvalue weighted by Gasteiger charge is -2.11. The van der Waals surface area contributed by atoms with Crippen molar-refractivity contribution in [2.24, 2.45) is 0 Å². The first kappa shape index (κ1) is 14.6. The van der Waals surface area contributed by atoms with Crippen LogP contribution in [0.4, 0.5) is 0 Å². The van der Waals surface area contributed by atoms with Crippen molar-refractivity contribution in [1.29, 1.82) is 0 Å². The highest BCUT2D eigenvalue weighted by atomic mass is 16.5. The Hall–Kier alpha value is -2.81. The molecule has 21 heavy (non-hydrogen) atoms. The second kappa shape index (κ2) is 6.57. The predicted octanol–water partition coefficient (Wildman–Crippen LogP) is -0.304. The summed E-state index contributed by atoms with van der Waals surface area (Å²) in [5.41, 5.74) is 0.982. The van der Waals surface area contributed by atoms with Gasteiger partial charge >= 0.3 is 5.97 Å². The summed E-state index contributed by atoms with van der Waals surface area (Å²) in [7, 11) is 1.27. The first-order valence-electron chi connectivity index (χ1n) is 5.99. The molecule has 0 radical (unpaired) electrons. The minimum absolute atomic E-state index is 0.128. The summed E-state index contributed by atoms with van der Waals surface area (Å²) in [5.74, 6) is -1.19. The molecule has 0 aliphatic heterocycles. The van der Waals surface area contributed by atoms with Crippen molar-refractivity contribution in [3.63, 3.8) is 0 Å². The van der Waals surface area contributed by atoms with Crippen molar-refractivity contribution in [3.05, 3.63) is 29.8 Å². The quantitative estimate of drug-likeness (QED) is 0.665. The van der Waals surface area contributed by atoms with Gasteiger partial charge in [0.25, 0.3) is 5.91 Å². The van der Waals surface area contributed by atoms with Gasteiger partial charge in [-0.1, -0.05) is 12.1 Å². The number of hydrogen-bond acceptors (Lipinski definition) is 6. The zero-order valence-corrected chi connectivity index (χ0v) is 11.1. The van der Waals surface area contributed by atoms with Gasteiger partial charge in [0, 0.05) is 18.2 Å². The van der Waals surface area contributed by atoms with Gasteiger partial charge in [0.05, 0.1) is 6.54 Å². The number of tetrazole rings is 1. The molecule has 0 aliphatic carbocycles. The second-order valence-electron chi connectivity index (χ2n) is 4.09. The molecule has 2 rings (SSSR count). The van der Waals surface area contributed by atoms with Crippen LogP contribution in [0.1, 0.15) is 10.4 Å². The maximum Gasteiger partial charge on any atom is 0.334 e. The molecule has 0 saturated heterocycles. The fourth-order valence-electron chi connectivity index (χ4n) is 1.64. The largest absolute Gasteiger partial charge is 0.479 e. The number of carbonyl (C=O) groups excluding carboxylic acids is 1. The molecule has 0 saturated carbocycles.